The van der Waals surface area contributed by atoms with Gasteiger partial charge in [-0.3, -0.25) is 0 Å². The molecule has 0 fully saturated rings. The first-order valence-corrected chi connectivity index (χ1v) is 18.8. The molecule has 0 atom stereocenters. The molecule has 0 radical (unpaired) electrons. The van der Waals surface area contributed by atoms with Crippen molar-refractivity contribution in [1.29, 1.82) is 0 Å². The van der Waals surface area contributed by atoms with Crippen LogP contribution in [0, 0.1) is 0 Å². The zero-order valence-electron chi connectivity index (χ0n) is 30.4. The predicted molar refractivity (Wildman–Crippen MR) is 231 cm³/mol. The van der Waals surface area contributed by atoms with Gasteiger partial charge in [-0.25, -0.2) is 19.9 Å². The highest BCUT2D eigenvalue weighted by Crippen LogP contribution is 2.35. The van der Waals surface area contributed by atoms with E-state index in [0.29, 0.717) is 11.6 Å². The normalized spacial score (nSPS) is 11.2. The van der Waals surface area contributed by atoms with Crippen LogP contribution in [0.15, 0.2) is 206 Å². The van der Waals surface area contributed by atoms with Crippen LogP contribution in [0.2, 0.25) is 0 Å². The standard InChI is InChI=1S/C52H34N4/c1-3-13-35(14-4-1)37-25-29-39(30-26-37)49-45-21-7-9-23-47(45)54-52(55-49)44-20-12-18-42(34-44)41-17-11-19-43(33-41)50-46-22-8-10-24-48(46)53-51(56-50)40-31-27-38(28-32-40)36-15-5-2-6-16-36/h1-34H. The third kappa shape index (κ3) is 6.40. The van der Waals surface area contributed by atoms with Gasteiger partial charge in [-0.1, -0.05) is 182 Å². The van der Waals surface area contributed by atoms with Crippen molar-refractivity contribution in [3.8, 4) is 78.7 Å². The van der Waals surface area contributed by atoms with E-state index >= 15 is 0 Å². The Hall–Kier alpha value is -7.56. The molecule has 2 aromatic heterocycles. The van der Waals surface area contributed by atoms with Crippen LogP contribution in [0.5, 0.6) is 0 Å². The molecule has 0 saturated carbocycles. The van der Waals surface area contributed by atoms with Crippen molar-refractivity contribution < 1.29 is 0 Å². The van der Waals surface area contributed by atoms with Gasteiger partial charge in [-0.05, 0) is 57.6 Å². The summed E-state index contributed by atoms with van der Waals surface area (Å²) in [4.78, 5) is 20.5. The maximum Gasteiger partial charge on any atom is 0.160 e. The summed E-state index contributed by atoms with van der Waals surface area (Å²) in [6.07, 6.45) is 0. The lowest BCUT2D eigenvalue weighted by atomic mass is 9.98. The lowest BCUT2D eigenvalue weighted by molar-refractivity contribution is 1.23. The van der Waals surface area contributed by atoms with E-state index in [4.69, 9.17) is 19.9 Å². The van der Waals surface area contributed by atoms with Gasteiger partial charge in [0.2, 0.25) is 0 Å². The maximum absolute atomic E-state index is 5.21. The molecule has 56 heavy (non-hydrogen) atoms. The number of para-hydroxylation sites is 2. The molecule has 0 amide bonds. The number of hydrogen-bond acceptors (Lipinski definition) is 4. The van der Waals surface area contributed by atoms with Gasteiger partial charge in [-0.15, -0.1) is 0 Å². The van der Waals surface area contributed by atoms with Gasteiger partial charge < -0.3 is 0 Å². The minimum absolute atomic E-state index is 0.688. The summed E-state index contributed by atoms with van der Waals surface area (Å²) in [6.45, 7) is 0. The molecule has 0 aliphatic heterocycles. The number of rotatable bonds is 7. The second kappa shape index (κ2) is 14.3. The third-order valence-corrected chi connectivity index (χ3v) is 10.3. The predicted octanol–water partition coefficient (Wildman–Crippen LogP) is 13.2. The van der Waals surface area contributed by atoms with Crippen LogP contribution in [0.25, 0.3) is 100 Å². The van der Waals surface area contributed by atoms with Gasteiger partial charge in [0, 0.05) is 33.0 Å². The van der Waals surface area contributed by atoms with E-state index in [2.05, 4.69) is 170 Å². The summed E-state index contributed by atoms with van der Waals surface area (Å²) in [5.41, 5.74) is 14.5. The Labute approximate surface area is 325 Å². The van der Waals surface area contributed by atoms with Gasteiger partial charge in [0.25, 0.3) is 0 Å². The zero-order chi connectivity index (χ0) is 37.3. The van der Waals surface area contributed by atoms with Crippen molar-refractivity contribution >= 4 is 21.8 Å². The molecule has 10 rings (SSSR count). The van der Waals surface area contributed by atoms with E-state index < -0.39 is 0 Å². The average Bonchev–Trinajstić information content (AvgIpc) is 3.29. The van der Waals surface area contributed by atoms with Gasteiger partial charge >= 0.3 is 0 Å². The first-order chi connectivity index (χ1) is 27.7. The quantitative estimate of drug-likeness (QED) is 0.165. The SMILES string of the molecule is c1ccc(-c2ccc(-c3nc(-c4cccc(-c5cccc(-c6nc(-c7ccc(-c8ccccc8)cc7)c7ccccc7n6)c5)c4)c4ccccc4n3)cc2)cc1. The molecule has 2 heterocycles. The molecule has 8 aromatic carbocycles. The lowest BCUT2D eigenvalue weighted by Gasteiger charge is -2.12. The van der Waals surface area contributed by atoms with Crippen LogP contribution in [-0.4, -0.2) is 19.9 Å². The molecule has 0 aliphatic rings. The van der Waals surface area contributed by atoms with Crippen molar-refractivity contribution in [1.82, 2.24) is 19.9 Å². The number of aromatic nitrogens is 4. The highest BCUT2D eigenvalue weighted by molar-refractivity contribution is 5.96. The van der Waals surface area contributed by atoms with E-state index in [-0.39, 0.29) is 0 Å². The molecular weight excluding hydrogens is 681 g/mol. The molecule has 0 bridgehead atoms. The first-order valence-electron chi connectivity index (χ1n) is 18.8. The Morgan fingerprint density at radius 2 is 0.571 bits per heavy atom. The highest BCUT2D eigenvalue weighted by Gasteiger charge is 2.15. The number of benzene rings is 8. The van der Waals surface area contributed by atoms with Crippen LogP contribution in [0.3, 0.4) is 0 Å². The summed E-state index contributed by atoms with van der Waals surface area (Å²) in [5, 5.41) is 2.04. The van der Waals surface area contributed by atoms with Crippen LogP contribution in [0.4, 0.5) is 0 Å². The molecular formula is C52H34N4. The fourth-order valence-corrected chi connectivity index (χ4v) is 7.43. The van der Waals surface area contributed by atoms with Crippen molar-refractivity contribution in [2.45, 2.75) is 0 Å². The van der Waals surface area contributed by atoms with Gasteiger partial charge in [-0.2, -0.15) is 0 Å². The first kappa shape index (κ1) is 33.0. The monoisotopic (exact) mass is 714 g/mol. The van der Waals surface area contributed by atoms with Crippen LogP contribution in [-0.2, 0) is 0 Å². The molecule has 0 spiro atoms. The minimum Gasteiger partial charge on any atom is -0.228 e. The molecule has 0 unspecified atom stereocenters. The number of hydrogen-bond donors (Lipinski definition) is 0. The number of fused-ring (bicyclic) bond motifs is 2. The summed E-state index contributed by atoms with van der Waals surface area (Å²) < 4.78 is 0. The van der Waals surface area contributed by atoms with Crippen LogP contribution >= 0.6 is 0 Å². The van der Waals surface area contributed by atoms with Crippen LogP contribution in [0.1, 0.15) is 0 Å². The molecule has 262 valence electrons. The smallest absolute Gasteiger partial charge is 0.160 e. The molecule has 0 N–H and O–H groups in total. The van der Waals surface area contributed by atoms with E-state index in [1.807, 2.05) is 36.4 Å². The molecule has 0 aliphatic carbocycles. The molecule has 4 heteroatoms. The third-order valence-electron chi connectivity index (χ3n) is 10.3. The van der Waals surface area contributed by atoms with Gasteiger partial charge in [0.15, 0.2) is 11.6 Å². The largest absolute Gasteiger partial charge is 0.228 e. The lowest BCUT2D eigenvalue weighted by Crippen LogP contribution is -1.96. The summed E-state index contributed by atoms with van der Waals surface area (Å²) in [7, 11) is 0. The Kier molecular flexibility index (Phi) is 8.47. The van der Waals surface area contributed by atoms with Crippen LogP contribution < -0.4 is 0 Å². The Bertz CT molecular complexity index is 2990. The number of nitrogens with zero attached hydrogens (tertiary/aromatic N) is 4. The fraction of sp³-hybridized carbons (Fsp3) is 0. The Morgan fingerprint density at radius 3 is 1.12 bits per heavy atom. The van der Waals surface area contributed by atoms with Crippen molar-refractivity contribution in [2.24, 2.45) is 0 Å². The van der Waals surface area contributed by atoms with E-state index in [9.17, 15) is 0 Å². The minimum atomic E-state index is 0.688. The fourth-order valence-electron chi connectivity index (χ4n) is 7.43. The molecule has 0 saturated heterocycles. The van der Waals surface area contributed by atoms with Crippen molar-refractivity contribution in [3.05, 3.63) is 206 Å². The van der Waals surface area contributed by atoms with E-state index in [0.717, 1.165) is 72.1 Å². The van der Waals surface area contributed by atoms with E-state index in [1.165, 1.54) is 16.7 Å². The van der Waals surface area contributed by atoms with Crippen molar-refractivity contribution in [2.75, 3.05) is 0 Å². The Morgan fingerprint density at radius 1 is 0.214 bits per heavy atom. The highest BCUT2D eigenvalue weighted by atomic mass is 14.9. The summed E-state index contributed by atoms with van der Waals surface area (Å²) in [5.74, 6) is 1.39. The molecule has 10 aromatic rings. The summed E-state index contributed by atoms with van der Waals surface area (Å²) >= 11 is 0. The maximum atomic E-state index is 5.21. The second-order valence-corrected chi connectivity index (χ2v) is 13.9. The Balaban J connectivity index is 1.02. The molecule has 4 nitrogen and oxygen atoms in total. The average molecular weight is 715 g/mol. The topological polar surface area (TPSA) is 51.6 Å². The van der Waals surface area contributed by atoms with E-state index in [1.54, 1.807) is 0 Å². The van der Waals surface area contributed by atoms with Gasteiger partial charge in [0.1, 0.15) is 0 Å². The zero-order valence-corrected chi connectivity index (χ0v) is 30.4. The van der Waals surface area contributed by atoms with Gasteiger partial charge in [0.05, 0.1) is 22.4 Å². The second-order valence-electron chi connectivity index (χ2n) is 13.9. The van der Waals surface area contributed by atoms with Crippen molar-refractivity contribution in [3.63, 3.8) is 0 Å². The summed E-state index contributed by atoms with van der Waals surface area (Å²) in [6, 6.07) is 71.6.